The largest absolute Gasteiger partial charge is 0.480 e. The van der Waals surface area contributed by atoms with Crippen LogP contribution in [0.2, 0.25) is 0 Å². The highest BCUT2D eigenvalue weighted by molar-refractivity contribution is 5.99. The predicted molar refractivity (Wildman–Crippen MR) is 78.3 cm³/mol. The maximum Gasteiger partial charge on any atom is 0.257 e. The molecule has 0 fully saturated rings. The Morgan fingerprint density at radius 3 is 2.86 bits per heavy atom. The highest BCUT2D eigenvalue weighted by Gasteiger charge is 2.19. The van der Waals surface area contributed by atoms with E-state index in [0.717, 1.165) is 0 Å². The molecule has 0 aliphatic carbocycles. The van der Waals surface area contributed by atoms with Crippen LogP contribution >= 0.6 is 0 Å². The second-order valence-corrected chi connectivity index (χ2v) is 4.55. The first kappa shape index (κ1) is 15.6. The van der Waals surface area contributed by atoms with Crippen LogP contribution in [0, 0.1) is 0 Å². The third-order valence-corrected chi connectivity index (χ3v) is 2.97. The number of methoxy groups -OCH3 is 1. The quantitative estimate of drug-likeness (QED) is 0.834. The molecule has 1 atom stereocenters. The Morgan fingerprint density at radius 2 is 2.18 bits per heavy atom. The van der Waals surface area contributed by atoms with Crippen molar-refractivity contribution >= 4 is 11.8 Å². The lowest BCUT2D eigenvalue weighted by Crippen LogP contribution is -2.44. The SMILES string of the molecule is COc1ncccc1C(=O)NC(C)C(=O)NCc1ccco1. The highest BCUT2D eigenvalue weighted by Crippen LogP contribution is 2.13. The van der Waals surface area contributed by atoms with Gasteiger partial charge in [-0.3, -0.25) is 9.59 Å². The lowest BCUT2D eigenvalue weighted by Gasteiger charge is -2.14. The van der Waals surface area contributed by atoms with E-state index < -0.39 is 11.9 Å². The lowest BCUT2D eigenvalue weighted by molar-refractivity contribution is -0.122. The summed E-state index contributed by atoms with van der Waals surface area (Å²) >= 11 is 0. The second-order valence-electron chi connectivity index (χ2n) is 4.55. The second kappa shape index (κ2) is 7.26. The van der Waals surface area contributed by atoms with Crippen LogP contribution in [-0.2, 0) is 11.3 Å². The van der Waals surface area contributed by atoms with Gasteiger partial charge in [0.25, 0.3) is 5.91 Å². The van der Waals surface area contributed by atoms with E-state index in [-0.39, 0.29) is 23.9 Å². The van der Waals surface area contributed by atoms with Gasteiger partial charge in [0.1, 0.15) is 17.4 Å². The van der Waals surface area contributed by atoms with Gasteiger partial charge >= 0.3 is 0 Å². The molecule has 2 aromatic rings. The summed E-state index contributed by atoms with van der Waals surface area (Å²) in [5.41, 5.74) is 0.274. The van der Waals surface area contributed by atoms with Gasteiger partial charge in [-0.05, 0) is 31.2 Å². The lowest BCUT2D eigenvalue weighted by atomic mass is 10.2. The van der Waals surface area contributed by atoms with Crippen molar-refractivity contribution in [1.82, 2.24) is 15.6 Å². The van der Waals surface area contributed by atoms with Crippen molar-refractivity contribution in [2.75, 3.05) is 7.11 Å². The molecule has 2 aromatic heterocycles. The number of nitrogens with one attached hydrogen (secondary N) is 2. The monoisotopic (exact) mass is 303 g/mol. The highest BCUT2D eigenvalue weighted by atomic mass is 16.5. The van der Waals surface area contributed by atoms with Crippen molar-refractivity contribution in [1.29, 1.82) is 0 Å². The standard InChI is InChI=1S/C15H17N3O4/c1-10(13(19)17-9-11-5-4-8-22-11)18-14(20)12-6-3-7-16-15(12)21-2/h3-8,10H,9H2,1-2H3,(H,17,19)(H,18,20). The molecule has 7 heteroatoms. The van der Waals surface area contributed by atoms with E-state index in [0.29, 0.717) is 5.76 Å². The van der Waals surface area contributed by atoms with Gasteiger partial charge in [-0.2, -0.15) is 0 Å². The molecule has 2 heterocycles. The average Bonchev–Trinajstić information content (AvgIpc) is 3.05. The van der Waals surface area contributed by atoms with E-state index in [4.69, 9.17) is 9.15 Å². The molecule has 0 saturated carbocycles. The van der Waals surface area contributed by atoms with Crippen molar-refractivity contribution in [3.05, 3.63) is 48.0 Å². The van der Waals surface area contributed by atoms with Crippen LogP contribution in [0.1, 0.15) is 23.0 Å². The number of carbonyl (C=O) groups excluding carboxylic acids is 2. The summed E-state index contributed by atoms with van der Waals surface area (Å²) in [6, 6.07) is 5.99. The molecular weight excluding hydrogens is 286 g/mol. The maximum absolute atomic E-state index is 12.1. The molecular formula is C15H17N3O4. The van der Waals surface area contributed by atoms with Crippen molar-refractivity contribution in [2.45, 2.75) is 19.5 Å². The molecule has 0 spiro atoms. The number of ether oxygens (including phenoxy) is 1. The Kier molecular flexibility index (Phi) is 5.13. The molecule has 7 nitrogen and oxygen atoms in total. The summed E-state index contributed by atoms with van der Waals surface area (Å²) in [7, 11) is 1.43. The van der Waals surface area contributed by atoms with Gasteiger partial charge in [0, 0.05) is 6.20 Å². The van der Waals surface area contributed by atoms with Gasteiger partial charge in [-0.15, -0.1) is 0 Å². The molecule has 0 aromatic carbocycles. The van der Waals surface area contributed by atoms with Crippen LogP contribution in [0.3, 0.4) is 0 Å². The fourth-order valence-corrected chi connectivity index (χ4v) is 1.81. The molecule has 0 aliphatic heterocycles. The Bertz CT molecular complexity index is 640. The Labute approximate surface area is 127 Å². The van der Waals surface area contributed by atoms with Crippen LogP contribution < -0.4 is 15.4 Å². The van der Waals surface area contributed by atoms with E-state index in [2.05, 4.69) is 15.6 Å². The molecule has 2 N–H and O–H groups in total. The van der Waals surface area contributed by atoms with E-state index in [1.165, 1.54) is 19.6 Å². The first-order valence-corrected chi connectivity index (χ1v) is 6.71. The van der Waals surface area contributed by atoms with E-state index >= 15 is 0 Å². The summed E-state index contributed by atoms with van der Waals surface area (Å²) in [6.07, 6.45) is 3.05. The topological polar surface area (TPSA) is 93.5 Å². The molecule has 22 heavy (non-hydrogen) atoms. The predicted octanol–water partition coefficient (Wildman–Crippen LogP) is 1.12. The number of hydrogen-bond donors (Lipinski definition) is 2. The number of hydrogen-bond acceptors (Lipinski definition) is 5. The van der Waals surface area contributed by atoms with Crippen LogP contribution in [0.4, 0.5) is 0 Å². The zero-order valence-corrected chi connectivity index (χ0v) is 12.3. The third-order valence-electron chi connectivity index (χ3n) is 2.97. The fraction of sp³-hybridized carbons (Fsp3) is 0.267. The molecule has 0 aliphatic rings. The number of rotatable bonds is 6. The minimum absolute atomic E-state index is 0.211. The van der Waals surface area contributed by atoms with Crippen LogP contribution in [-0.4, -0.2) is 29.9 Å². The Hall–Kier alpha value is -2.83. The number of nitrogens with zero attached hydrogens (tertiary/aromatic N) is 1. The molecule has 0 saturated heterocycles. The fourth-order valence-electron chi connectivity index (χ4n) is 1.81. The summed E-state index contributed by atoms with van der Waals surface area (Å²) in [6.45, 7) is 1.86. The van der Waals surface area contributed by atoms with E-state index in [1.54, 1.807) is 31.2 Å². The first-order valence-electron chi connectivity index (χ1n) is 6.71. The van der Waals surface area contributed by atoms with Gasteiger partial charge < -0.3 is 19.8 Å². The first-order chi connectivity index (χ1) is 10.6. The number of aromatic nitrogens is 1. The summed E-state index contributed by atoms with van der Waals surface area (Å²) in [5, 5.41) is 5.28. The zero-order valence-electron chi connectivity index (χ0n) is 12.3. The van der Waals surface area contributed by atoms with Gasteiger partial charge in [0.05, 0.1) is 19.9 Å². The molecule has 0 radical (unpaired) electrons. The van der Waals surface area contributed by atoms with Crippen molar-refractivity contribution in [3.63, 3.8) is 0 Å². The van der Waals surface area contributed by atoms with Crippen LogP contribution in [0.15, 0.2) is 41.1 Å². The van der Waals surface area contributed by atoms with E-state index in [1.807, 2.05) is 0 Å². The van der Waals surface area contributed by atoms with E-state index in [9.17, 15) is 9.59 Å². The normalized spacial score (nSPS) is 11.5. The van der Waals surface area contributed by atoms with Gasteiger partial charge in [-0.25, -0.2) is 4.98 Å². The smallest absolute Gasteiger partial charge is 0.257 e. The summed E-state index contributed by atoms with van der Waals surface area (Å²) < 4.78 is 10.1. The molecule has 2 rings (SSSR count). The molecule has 0 bridgehead atoms. The van der Waals surface area contributed by atoms with Crippen molar-refractivity contribution in [3.8, 4) is 5.88 Å². The third kappa shape index (κ3) is 3.85. The molecule has 1 unspecified atom stereocenters. The molecule has 2 amide bonds. The number of amides is 2. The van der Waals surface area contributed by atoms with Crippen LogP contribution in [0.25, 0.3) is 0 Å². The Morgan fingerprint density at radius 1 is 1.36 bits per heavy atom. The van der Waals surface area contributed by atoms with Crippen molar-refractivity contribution < 1.29 is 18.7 Å². The van der Waals surface area contributed by atoms with Gasteiger partial charge in [0.15, 0.2) is 0 Å². The Balaban J connectivity index is 1.91. The average molecular weight is 303 g/mol. The number of carbonyl (C=O) groups is 2. The van der Waals surface area contributed by atoms with Gasteiger partial charge in [0.2, 0.25) is 11.8 Å². The summed E-state index contributed by atoms with van der Waals surface area (Å²) in [5.74, 6) is 0.113. The zero-order chi connectivity index (χ0) is 15.9. The summed E-state index contributed by atoms with van der Waals surface area (Å²) in [4.78, 5) is 28.0. The minimum atomic E-state index is -0.702. The molecule has 116 valence electrons. The maximum atomic E-state index is 12.1. The van der Waals surface area contributed by atoms with Gasteiger partial charge in [-0.1, -0.05) is 0 Å². The minimum Gasteiger partial charge on any atom is -0.480 e. The number of furan rings is 1. The van der Waals surface area contributed by atoms with Crippen molar-refractivity contribution in [2.24, 2.45) is 0 Å². The number of pyridine rings is 1. The van der Waals surface area contributed by atoms with Crippen LogP contribution in [0.5, 0.6) is 5.88 Å².